The van der Waals surface area contributed by atoms with E-state index in [0.29, 0.717) is 72.6 Å². The monoisotopic (exact) mass is 1710 g/mol. The van der Waals surface area contributed by atoms with E-state index in [4.69, 9.17) is 10.8 Å². The Bertz CT molecular complexity index is 5530. The van der Waals surface area contributed by atoms with Gasteiger partial charge in [0.2, 0.25) is 0 Å². The predicted octanol–water partition coefficient (Wildman–Crippen LogP) is 10.6. The number of aromatic amines is 2. The minimum atomic E-state index is -1.22. The lowest BCUT2D eigenvalue weighted by molar-refractivity contribution is 0.0689. The van der Waals surface area contributed by atoms with E-state index in [1.54, 1.807) is 174 Å². The topological polar surface area (TPSA) is 483 Å². The van der Waals surface area contributed by atoms with Crippen LogP contribution < -0.4 is 43.0 Å². The number of fused-ring (bicyclic) bond motifs is 6. The molecule has 628 valence electrons. The molecule has 1 aliphatic heterocycles. The van der Waals surface area contributed by atoms with Gasteiger partial charge in [0.1, 0.15) is 22.8 Å². The van der Waals surface area contributed by atoms with Crippen LogP contribution in [0.4, 0.5) is 22.7 Å². The van der Waals surface area contributed by atoms with Crippen molar-refractivity contribution in [1.82, 2.24) is 115 Å². The molecule has 0 saturated heterocycles. The smallest absolute Gasteiger partial charge is 0.358 e. The van der Waals surface area contributed by atoms with Crippen molar-refractivity contribution in [2.24, 2.45) is 33.9 Å². The number of amides is 7. The van der Waals surface area contributed by atoms with Gasteiger partial charge in [-0.3, -0.25) is 71.8 Å². The number of carboxylic acid groups (broad SMARTS) is 1. The number of carbonyl (C=O) groups excluding carboxylic acids is 7. The number of allylic oxidation sites excluding steroid dienone is 7. The molecule has 13 heterocycles. The highest BCUT2D eigenvalue weighted by molar-refractivity contribution is 9.09. The number of rotatable bonds is 26. The molecule has 0 unspecified atom stereocenters. The highest BCUT2D eigenvalue weighted by Gasteiger charge is 2.25. The number of nitrogens with one attached hydrogen (secondary N) is 9. The number of hydrogen-bond donors (Lipinski definition) is 11. The summed E-state index contributed by atoms with van der Waals surface area (Å²) in [6, 6.07) is 20.5. The number of carboxylic acids is 1. The second kappa shape index (κ2) is 47.8. The first-order valence-electron chi connectivity index (χ1n) is 37.9. The minimum Gasteiger partial charge on any atom is -0.476 e. The number of anilines is 4. The summed E-state index contributed by atoms with van der Waals surface area (Å²) in [5.74, 6) is -4.04. The normalized spacial score (nSPS) is 11.6. The van der Waals surface area contributed by atoms with E-state index >= 15 is 0 Å². The number of unbranched alkanes of at least 4 members (excludes halogenated alkanes) is 3. The van der Waals surface area contributed by atoms with Gasteiger partial charge in [0.15, 0.2) is 22.8 Å². The number of pyridine rings is 4. The molecule has 37 nitrogen and oxygen atoms in total. The number of aromatic nitrogens is 20. The molecule has 0 aliphatic carbocycles. The molecule has 0 spiro atoms. The van der Waals surface area contributed by atoms with Gasteiger partial charge in [-0.25, -0.2) is 24.7 Å². The van der Waals surface area contributed by atoms with Gasteiger partial charge in [-0.1, -0.05) is 82.7 Å². The Morgan fingerprint density at radius 3 is 1.44 bits per heavy atom. The summed E-state index contributed by atoms with van der Waals surface area (Å²) >= 11 is 3.13. The maximum atomic E-state index is 12.8. The number of nitrogens with two attached hydrogens (primary N) is 1. The van der Waals surface area contributed by atoms with Gasteiger partial charge in [0.05, 0.1) is 83.4 Å². The fraction of sp³-hybridized carbons (Fsp3) is 0.229. The van der Waals surface area contributed by atoms with Gasteiger partial charge in [0, 0.05) is 125 Å². The number of H-pyrrole nitrogens is 2. The molecule has 12 N–H and O–H groups in total. The fourth-order valence-electron chi connectivity index (χ4n) is 10.9. The second-order valence-electron chi connectivity index (χ2n) is 26.1. The molecule has 0 saturated carbocycles. The van der Waals surface area contributed by atoms with Crippen LogP contribution in [0, 0.1) is 0 Å². The third-order valence-electron chi connectivity index (χ3n) is 16.6. The molecule has 0 aromatic carbocycles. The van der Waals surface area contributed by atoms with E-state index in [0.717, 1.165) is 85.5 Å². The van der Waals surface area contributed by atoms with Crippen molar-refractivity contribution in [2.75, 3.05) is 52.8 Å². The van der Waals surface area contributed by atoms with Crippen LogP contribution in [-0.2, 0) is 41.3 Å². The standard InChI is InChI=1S/C22H25N7O2.C20H21N7O2.C19H21N7O2.C14H12N6O3.C5H11N.C3H5Br/c1-4-6-7-11-23-22(31)20-19(15-28(3)27-20)26-21(30)18-10-8-9-17(25-18)16-13-24-29(14-16)12-5-2;1-26-13-17-18(25-26)20(29)21-9-4-2-3-5-10-27-12-14(11-22-27)15-7-6-8-16(23-15)19(28)24-17;1-3-4-5-9-20-19(28)17-16(12-26(2)25-17)24-18(27)15-8-6-7-14(23-15)13-10-21-22-11-13;1-20-7-11(12(19-20)14(22)23)18-13(21)10-4-2-3-9(17-10)8-5-15-16-6-8;1-2-3-4-5-6;1-2-3-4/h4-5,8-10,13-15H,1-2,6-7,11-12H2,3H3,(H,23,31)(H,26,30);3,5-8,11-13H,2,4,9-10H2,1H3,(H,21,29)(H,24,28);3,6-8,10-12H,1,4-5,9H2,2H3,(H,20,28)(H,21,22)(H,24,27);2-7H,1H3,(H,15,16)(H,18,21)(H,22,23);2H,1,3-6H2;2H,1,3H2/b;5-3+;;;;. The van der Waals surface area contributed by atoms with Crippen LogP contribution in [0.1, 0.15) is 135 Å². The van der Waals surface area contributed by atoms with Gasteiger partial charge in [-0.05, 0) is 106 Å². The first-order chi connectivity index (χ1) is 58.6. The van der Waals surface area contributed by atoms with Crippen LogP contribution >= 0.6 is 15.9 Å². The highest BCUT2D eigenvalue weighted by atomic mass is 79.9. The van der Waals surface area contributed by atoms with Crippen LogP contribution in [0.2, 0.25) is 0 Å². The van der Waals surface area contributed by atoms with E-state index in [2.05, 4.69) is 163 Å². The van der Waals surface area contributed by atoms with Crippen LogP contribution in [0.5, 0.6) is 0 Å². The summed E-state index contributed by atoms with van der Waals surface area (Å²) in [6.45, 7) is 21.5. The van der Waals surface area contributed by atoms with E-state index < -0.39 is 29.6 Å². The van der Waals surface area contributed by atoms with Gasteiger partial charge >= 0.3 is 5.97 Å². The van der Waals surface area contributed by atoms with Crippen molar-refractivity contribution in [1.29, 1.82) is 0 Å². The lowest BCUT2D eigenvalue weighted by Crippen LogP contribution is -2.26. The molecule has 0 radical (unpaired) electrons. The van der Waals surface area contributed by atoms with Gasteiger partial charge in [-0.2, -0.15) is 40.8 Å². The summed E-state index contributed by atoms with van der Waals surface area (Å²) < 4.78 is 9.30. The summed E-state index contributed by atoms with van der Waals surface area (Å²) in [5.41, 5.74) is 13.0. The van der Waals surface area contributed by atoms with E-state index in [-0.39, 0.29) is 69.0 Å². The summed E-state index contributed by atoms with van der Waals surface area (Å²) in [4.78, 5) is 116. The Hall–Kier alpha value is -15.1. The molecule has 12 aromatic heterocycles. The van der Waals surface area contributed by atoms with Crippen molar-refractivity contribution in [3.63, 3.8) is 0 Å². The number of nitrogens with zero attached hydrogens (tertiary/aromatic N) is 18. The zero-order chi connectivity index (χ0) is 87.0. The summed E-state index contributed by atoms with van der Waals surface area (Å²) in [7, 11) is 6.63. The third-order valence-corrected chi connectivity index (χ3v) is 17.1. The number of aromatic carboxylic acids is 1. The zero-order valence-corrected chi connectivity index (χ0v) is 68.8. The average molecular weight is 1710 g/mol. The lowest BCUT2D eigenvalue weighted by Gasteiger charge is -2.07. The van der Waals surface area contributed by atoms with Crippen LogP contribution in [0.25, 0.3) is 45.0 Å². The van der Waals surface area contributed by atoms with Crippen molar-refractivity contribution in [2.45, 2.75) is 64.5 Å². The van der Waals surface area contributed by atoms with Crippen LogP contribution in [0.3, 0.4) is 0 Å². The number of alkyl halides is 1. The van der Waals surface area contributed by atoms with Gasteiger partial charge in [-0.15, -0.1) is 32.9 Å². The predicted molar refractivity (Wildman–Crippen MR) is 463 cm³/mol. The molecule has 121 heavy (non-hydrogen) atoms. The first kappa shape index (κ1) is 91.4. The second-order valence-corrected chi connectivity index (χ2v) is 26.7. The average Bonchev–Trinajstić information content (AvgIpc) is 1.76. The van der Waals surface area contributed by atoms with Gasteiger partial charge in [0.25, 0.3) is 41.4 Å². The zero-order valence-electron chi connectivity index (χ0n) is 67.3. The van der Waals surface area contributed by atoms with E-state index in [9.17, 15) is 38.4 Å². The van der Waals surface area contributed by atoms with E-state index in [1.165, 1.54) is 31.0 Å². The third kappa shape index (κ3) is 28.4. The molecule has 0 fully saturated rings. The van der Waals surface area contributed by atoms with Crippen LogP contribution in [0.15, 0.2) is 223 Å². The summed E-state index contributed by atoms with van der Waals surface area (Å²) in [6.07, 6.45) is 40.0. The van der Waals surface area contributed by atoms with Gasteiger partial charge < -0.3 is 48.1 Å². The first-order valence-corrected chi connectivity index (χ1v) is 39.0. The quantitative estimate of drug-likeness (QED) is 0.0136. The van der Waals surface area contributed by atoms with Crippen molar-refractivity contribution in [3.8, 4) is 45.0 Å². The maximum absolute atomic E-state index is 12.8. The molecule has 13 rings (SSSR count). The van der Waals surface area contributed by atoms with Crippen molar-refractivity contribution < 1.29 is 43.5 Å². The maximum Gasteiger partial charge on any atom is 0.358 e. The van der Waals surface area contributed by atoms with E-state index in [1.807, 2.05) is 35.3 Å². The largest absolute Gasteiger partial charge is 0.476 e. The fourth-order valence-corrected chi connectivity index (χ4v) is 10.9. The molecular formula is C83H95BrN28O9. The molecule has 0 atom stereocenters. The Labute approximate surface area is 705 Å². The molecule has 4 bridgehead atoms. The van der Waals surface area contributed by atoms with Crippen molar-refractivity contribution in [3.05, 3.63) is 268 Å². The van der Waals surface area contributed by atoms with Crippen molar-refractivity contribution >= 4 is 86.0 Å². The highest BCUT2D eigenvalue weighted by Crippen LogP contribution is 2.24. The minimum absolute atomic E-state index is 0.112. The molecule has 12 aromatic rings. The molecule has 1 aliphatic rings. The Kier molecular flexibility index (Phi) is 36.1. The van der Waals surface area contributed by atoms with Crippen LogP contribution in [-0.4, -0.2) is 183 Å². The number of halogens is 1. The Morgan fingerprint density at radius 2 is 0.967 bits per heavy atom. The molecule has 7 amide bonds. The number of hydrogen-bond acceptors (Lipinski definition) is 21. The number of carbonyl (C=O) groups is 8. The molecular weight excluding hydrogens is 1610 g/mol. The summed E-state index contributed by atoms with van der Waals surface area (Å²) in [5, 5.41) is 67.1. The Morgan fingerprint density at radius 1 is 0.512 bits per heavy atom. The SMILES string of the molecule is C=CCBr.C=CCCCN.C=CCCCNC(=O)c1nn(C)cc1NC(=O)c1cccc(-c2cn[nH]c2)n1.C=CCCCNC(=O)c1nn(C)cc1NC(=O)c1cccc(-c2cnn(CC=C)c2)n1.Cn1cc(NC(=O)c2cccc(-c3cn[nH]c3)n2)c(C(=O)O)n1.Cn1cc2c(n1)C(=O)NCCC/C=C/Cn1cc(cn1)-c1cccc(n1)C(=O)N2. The lowest BCUT2D eigenvalue weighted by atomic mass is 10.2. The molecule has 38 heteroatoms. The Balaban J connectivity index is 0.000000194. The number of aryl methyl sites for hydroxylation is 4.